The molecular formula is C21H26FN3O4S. The molecule has 0 radical (unpaired) electrons. The largest absolute Gasteiger partial charge is 0.497 e. The number of sulfonamides is 1. The van der Waals surface area contributed by atoms with Crippen LogP contribution in [0.2, 0.25) is 0 Å². The number of nitrogens with one attached hydrogen (secondary N) is 1. The van der Waals surface area contributed by atoms with Crippen molar-refractivity contribution in [3.05, 3.63) is 54.3 Å². The molecule has 9 heteroatoms. The normalized spacial score (nSPS) is 15.6. The summed E-state index contributed by atoms with van der Waals surface area (Å²) in [5.74, 6) is -0.696. The Labute approximate surface area is 176 Å². The highest BCUT2D eigenvalue weighted by molar-refractivity contribution is 7.92. The van der Waals surface area contributed by atoms with Crippen LogP contribution in [0, 0.1) is 5.82 Å². The van der Waals surface area contributed by atoms with Crippen molar-refractivity contribution < 1.29 is 22.3 Å². The molecule has 0 aliphatic carbocycles. The Bertz CT molecular complexity index is 974. The maximum absolute atomic E-state index is 14.5. The van der Waals surface area contributed by atoms with Crippen LogP contribution >= 0.6 is 0 Å². The highest BCUT2D eigenvalue weighted by Gasteiger charge is 2.30. The number of rotatable bonds is 7. The molecule has 162 valence electrons. The molecular weight excluding hydrogens is 409 g/mol. The number of nitrogens with zero attached hydrogens (tertiary/aromatic N) is 2. The summed E-state index contributed by atoms with van der Waals surface area (Å²) in [6.45, 7) is 1.19. The van der Waals surface area contributed by atoms with Gasteiger partial charge >= 0.3 is 0 Å². The number of anilines is 1. The summed E-state index contributed by atoms with van der Waals surface area (Å²) in [7, 11) is -0.690. The molecule has 0 unspecified atom stereocenters. The van der Waals surface area contributed by atoms with Crippen molar-refractivity contribution in [2.75, 3.05) is 38.1 Å². The topological polar surface area (TPSA) is 79.0 Å². The molecule has 30 heavy (non-hydrogen) atoms. The number of benzene rings is 2. The molecule has 2 aromatic carbocycles. The van der Waals surface area contributed by atoms with Crippen molar-refractivity contribution >= 4 is 21.6 Å². The fraction of sp³-hybridized carbons (Fsp3) is 0.381. The van der Waals surface area contributed by atoms with Crippen molar-refractivity contribution in [2.45, 2.75) is 23.8 Å². The summed E-state index contributed by atoms with van der Waals surface area (Å²) in [6, 6.07) is 11.2. The molecule has 1 aliphatic rings. The van der Waals surface area contributed by atoms with Gasteiger partial charge in [-0.05, 0) is 69.4 Å². The van der Waals surface area contributed by atoms with Crippen molar-refractivity contribution in [2.24, 2.45) is 0 Å². The fourth-order valence-corrected chi connectivity index (χ4v) is 4.81. The molecule has 1 amide bonds. The van der Waals surface area contributed by atoms with Gasteiger partial charge in [0, 0.05) is 6.04 Å². The van der Waals surface area contributed by atoms with E-state index < -0.39 is 28.3 Å². The monoisotopic (exact) mass is 435 g/mol. The third-order valence-electron chi connectivity index (χ3n) is 5.14. The second kappa shape index (κ2) is 9.44. The molecule has 0 spiro atoms. The van der Waals surface area contributed by atoms with Gasteiger partial charge in [-0.2, -0.15) is 0 Å². The minimum absolute atomic E-state index is 0.0279. The Morgan fingerprint density at radius 1 is 1.17 bits per heavy atom. The van der Waals surface area contributed by atoms with E-state index >= 15 is 0 Å². The number of hydrogen-bond acceptors (Lipinski definition) is 5. The van der Waals surface area contributed by atoms with Gasteiger partial charge in [-0.1, -0.05) is 12.1 Å². The smallest absolute Gasteiger partial charge is 0.264 e. The molecule has 3 rings (SSSR count). The lowest BCUT2D eigenvalue weighted by atomic mass is 10.1. The first-order chi connectivity index (χ1) is 14.3. The predicted octanol–water partition coefficient (Wildman–Crippen LogP) is 2.24. The SMILES string of the molecule is COc1ccc(S(=O)(=O)N(CC(=O)NC2CCN(C)CC2)c2ccccc2F)cc1. The van der Waals surface area contributed by atoms with E-state index in [4.69, 9.17) is 4.74 Å². The van der Waals surface area contributed by atoms with Crippen molar-refractivity contribution in [3.8, 4) is 5.75 Å². The van der Waals surface area contributed by atoms with Crippen molar-refractivity contribution in [1.82, 2.24) is 10.2 Å². The van der Waals surface area contributed by atoms with Crippen LogP contribution in [0.5, 0.6) is 5.75 Å². The summed E-state index contributed by atoms with van der Waals surface area (Å²) in [4.78, 5) is 14.8. The van der Waals surface area contributed by atoms with Gasteiger partial charge in [0.2, 0.25) is 5.91 Å². The Morgan fingerprint density at radius 3 is 2.40 bits per heavy atom. The maximum atomic E-state index is 14.5. The zero-order valence-electron chi connectivity index (χ0n) is 17.0. The molecule has 1 saturated heterocycles. The number of ether oxygens (including phenoxy) is 1. The van der Waals surface area contributed by atoms with Crippen molar-refractivity contribution in [1.29, 1.82) is 0 Å². The standard InChI is InChI=1S/C21H26FN3O4S/c1-24-13-11-16(12-14-24)23-21(26)15-25(20-6-4-3-5-19(20)22)30(27,28)18-9-7-17(29-2)8-10-18/h3-10,16H,11-15H2,1-2H3,(H,23,26). The predicted molar refractivity (Wildman–Crippen MR) is 113 cm³/mol. The minimum atomic E-state index is -4.18. The van der Waals surface area contributed by atoms with E-state index in [1.807, 2.05) is 7.05 Å². The number of piperidine rings is 1. The first kappa shape index (κ1) is 22.0. The van der Waals surface area contributed by atoms with Gasteiger partial charge < -0.3 is 15.0 Å². The first-order valence-corrected chi connectivity index (χ1v) is 11.1. The quantitative estimate of drug-likeness (QED) is 0.722. The highest BCUT2D eigenvalue weighted by Crippen LogP contribution is 2.27. The number of methoxy groups -OCH3 is 1. The lowest BCUT2D eigenvalue weighted by molar-refractivity contribution is -0.120. The van der Waals surface area contributed by atoms with E-state index in [2.05, 4.69) is 10.2 Å². The lowest BCUT2D eigenvalue weighted by Crippen LogP contribution is -2.48. The molecule has 7 nitrogen and oxygen atoms in total. The number of carbonyl (C=O) groups is 1. The Morgan fingerprint density at radius 2 is 1.80 bits per heavy atom. The van der Waals surface area contributed by atoms with Crippen molar-refractivity contribution in [3.63, 3.8) is 0 Å². The average molecular weight is 436 g/mol. The number of amides is 1. The summed E-state index contributed by atoms with van der Waals surface area (Å²) >= 11 is 0. The van der Waals surface area contributed by atoms with Gasteiger partial charge in [0.25, 0.3) is 10.0 Å². The Balaban J connectivity index is 1.87. The van der Waals surface area contributed by atoms with E-state index in [9.17, 15) is 17.6 Å². The maximum Gasteiger partial charge on any atom is 0.264 e. The van der Waals surface area contributed by atoms with E-state index in [0.29, 0.717) is 5.75 Å². The van der Waals surface area contributed by atoms with Crippen LogP contribution in [-0.4, -0.2) is 59.1 Å². The van der Waals surface area contributed by atoms with Gasteiger partial charge in [0.15, 0.2) is 0 Å². The molecule has 1 fully saturated rings. The summed E-state index contributed by atoms with van der Waals surface area (Å²) in [6.07, 6.45) is 1.57. The number of likely N-dealkylation sites (tertiary alicyclic amines) is 1. The summed E-state index contributed by atoms with van der Waals surface area (Å²) in [5, 5.41) is 2.89. The van der Waals surface area contributed by atoms with Gasteiger partial charge in [-0.15, -0.1) is 0 Å². The Kier molecular flexibility index (Phi) is 6.94. The number of para-hydroxylation sites is 1. The minimum Gasteiger partial charge on any atom is -0.497 e. The van der Waals surface area contributed by atoms with Crippen LogP contribution in [0.1, 0.15) is 12.8 Å². The third kappa shape index (κ3) is 5.09. The van der Waals surface area contributed by atoms with Crippen LogP contribution in [0.25, 0.3) is 0 Å². The van der Waals surface area contributed by atoms with Gasteiger partial charge in [-0.3, -0.25) is 9.10 Å². The van der Waals surface area contributed by atoms with Gasteiger partial charge in [0.05, 0.1) is 17.7 Å². The summed E-state index contributed by atoms with van der Waals surface area (Å²) < 4.78 is 46.9. The number of carbonyl (C=O) groups excluding carboxylic acids is 1. The fourth-order valence-electron chi connectivity index (χ4n) is 3.39. The molecule has 0 bridgehead atoms. The molecule has 0 saturated carbocycles. The molecule has 0 aromatic heterocycles. The molecule has 1 heterocycles. The molecule has 1 aliphatic heterocycles. The van der Waals surface area contributed by atoms with E-state index in [0.717, 1.165) is 30.2 Å². The van der Waals surface area contributed by atoms with E-state index in [1.165, 1.54) is 55.6 Å². The van der Waals surface area contributed by atoms with Gasteiger partial charge in [-0.25, -0.2) is 12.8 Å². The Hall–Kier alpha value is -2.65. The van der Waals surface area contributed by atoms with E-state index in [-0.39, 0.29) is 16.6 Å². The zero-order valence-corrected chi connectivity index (χ0v) is 17.9. The highest BCUT2D eigenvalue weighted by atomic mass is 32.2. The first-order valence-electron chi connectivity index (χ1n) is 9.70. The van der Waals surface area contributed by atoms with Crippen LogP contribution in [0.4, 0.5) is 10.1 Å². The van der Waals surface area contributed by atoms with Crippen LogP contribution < -0.4 is 14.4 Å². The third-order valence-corrected chi connectivity index (χ3v) is 6.91. The second-order valence-corrected chi connectivity index (χ2v) is 9.15. The zero-order chi connectivity index (χ0) is 21.7. The average Bonchev–Trinajstić information content (AvgIpc) is 2.74. The van der Waals surface area contributed by atoms with Gasteiger partial charge in [0.1, 0.15) is 18.1 Å². The number of halogens is 1. The molecule has 2 aromatic rings. The van der Waals surface area contributed by atoms with Crippen LogP contribution in [-0.2, 0) is 14.8 Å². The molecule has 1 N–H and O–H groups in total. The van der Waals surface area contributed by atoms with Crippen LogP contribution in [0.3, 0.4) is 0 Å². The second-order valence-electron chi connectivity index (χ2n) is 7.28. The van der Waals surface area contributed by atoms with E-state index in [1.54, 1.807) is 0 Å². The lowest BCUT2D eigenvalue weighted by Gasteiger charge is -2.30. The number of hydrogen-bond donors (Lipinski definition) is 1. The molecule has 0 atom stereocenters. The summed E-state index contributed by atoms with van der Waals surface area (Å²) in [5.41, 5.74) is -0.174. The van der Waals surface area contributed by atoms with Crippen LogP contribution in [0.15, 0.2) is 53.4 Å².